The van der Waals surface area contributed by atoms with Crippen LogP contribution < -0.4 is 5.32 Å². The van der Waals surface area contributed by atoms with Crippen molar-refractivity contribution in [3.63, 3.8) is 0 Å². The Morgan fingerprint density at radius 1 is 1.38 bits per heavy atom. The summed E-state index contributed by atoms with van der Waals surface area (Å²) in [6.45, 7) is 5.79. The van der Waals surface area contributed by atoms with Gasteiger partial charge < -0.3 is 10.2 Å². The van der Waals surface area contributed by atoms with E-state index in [1.54, 1.807) is 17.8 Å². The van der Waals surface area contributed by atoms with Crippen LogP contribution in [0, 0.1) is 11.2 Å². The first-order valence-corrected chi connectivity index (χ1v) is 8.89. The van der Waals surface area contributed by atoms with Crippen molar-refractivity contribution in [3.8, 4) is 0 Å². The summed E-state index contributed by atoms with van der Waals surface area (Å²) in [6, 6.07) is 5.81. The molecule has 0 spiro atoms. The fraction of sp³-hybridized carbons (Fsp3) is 0.647. The number of nitrogens with zero attached hydrogens (tertiary/aromatic N) is 1. The summed E-state index contributed by atoms with van der Waals surface area (Å²) in [5.41, 5.74) is 1.53. The molecule has 116 valence electrons. The highest BCUT2D eigenvalue weighted by atomic mass is 32.2. The predicted molar refractivity (Wildman–Crippen MR) is 87.3 cm³/mol. The van der Waals surface area contributed by atoms with Crippen molar-refractivity contribution in [2.75, 3.05) is 32.4 Å². The molecule has 0 aliphatic carbocycles. The molecule has 1 saturated heterocycles. The second kappa shape index (κ2) is 6.27. The zero-order valence-corrected chi connectivity index (χ0v) is 13.8. The van der Waals surface area contributed by atoms with Gasteiger partial charge in [0.15, 0.2) is 0 Å². The Morgan fingerprint density at radius 2 is 2.14 bits per heavy atom. The summed E-state index contributed by atoms with van der Waals surface area (Å²) in [5.74, 6) is 0.944. The van der Waals surface area contributed by atoms with Crippen molar-refractivity contribution in [2.24, 2.45) is 5.41 Å². The predicted octanol–water partition coefficient (Wildman–Crippen LogP) is 3.68. The normalized spacial score (nSPS) is 25.6. The molecule has 2 heterocycles. The lowest BCUT2D eigenvalue weighted by Gasteiger charge is -2.39. The number of rotatable bonds is 3. The Labute approximate surface area is 131 Å². The van der Waals surface area contributed by atoms with Gasteiger partial charge in [-0.25, -0.2) is 4.39 Å². The van der Waals surface area contributed by atoms with E-state index >= 15 is 0 Å². The number of hydrogen-bond donors (Lipinski definition) is 1. The van der Waals surface area contributed by atoms with Crippen LogP contribution in [-0.4, -0.2) is 37.3 Å². The minimum absolute atomic E-state index is 0.0606. The highest BCUT2D eigenvalue weighted by Gasteiger charge is 2.30. The van der Waals surface area contributed by atoms with E-state index in [1.807, 2.05) is 6.07 Å². The van der Waals surface area contributed by atoms with Crippen molar-refractivity contribution in [1.82, 2.24) is 10.2 Å². The van der Waals surface area contributed by atoms with E-state index in [2.05, 4.69) is 30.3 Å². The van der Waals surface area contributed by atoms with Crippen molar-refractivity contribution in [2.45, 2.75) is 37.1 Å². The molecule has 0 radical (unpaired) electrons. The van der Waals surface area contributed by atoms with Crippen molar-refractivity contribution >= 4 is 11.8 Å². The zero-order chi connectivity index (χ0) is 14.9. The van der Waals surface area contributed by atoms with Crippen molar-refractivity contribution < 1.29 is 4.39 Å². The molecular formula is C17H25FN2S. The highest BCUT2D eigenvalue weighted by molar-refractivity contribution is 7.99. The molecule has 1 N–H and O–H groups in total. The average molecular weight is 308 g/mol. The van der Waals surface area contributed by atoms with Crippen LogP contribution in [0.25, 0.3) is 0 Å². The van der Waals surface area contributed by atoms with E-state index in [1.165, 1.54) is 25.9 Å². The molecule has 4 heteroatoms. The Bertz CT molecular complexity index is 498. The number of likely N-dealkylation sites (tertiary alicyclic amines) is 1. The maximum atomic E-state index is 13.9. The molecule has 2 aliphatic rings. The number of benzene rings is 1. The van der Waals surface area contributed by atoms with Crippen LogP contribution in [0.15, 0.2) is 23.1 Å². The first kappa shape index (κ1) is 15.3. The van der Waals surface area contributed by atoms with Crippen LogP contribution in [-0.2, 0) is 0 Å². The van der Waals surface area contributed by atoms with Crippen LogP contribution >= 0.6 is 11.8 Å². The van der Waals surface area contributed by atoms with Crippen LogP contribution in [0.3, 0.4) is 0 Å². The van der Waals surface area contributed by atoms with E-state index in [9.17, 15) is 4.39 Å². The Morgan fingerprint density at radius 3 is 2.90 bits per heavy atom. The minimum Gasteiger partial charge on any atom is -0.309 e. The lowest BCUT2D eigenvalue weighted by Crippen LogP contribution is -2.43. The van der Waals surface area contributed by atoms with Gasteiger partial charge in [0.05, 0.1) is 0 Å². The standard InChI is InChI=1S/C17H25FN2S/c1-17(7-9-20(2)10-8-17)12-19-15-6-11-21-16-13(15)4-3-5-14(16)18/h3-5,15,19H,6-12H2,1-2H3. The van der Waals surface area contributed by atoms with Gasteiger partial charge in [-0.3, -0.25) is 0 Å². The molecule has 1 fully saturated rings. The summed E-state index contributed by atoms with van der Waals surface area (Å²) in [6.07, 6.45) is 3.58. The average Bonchev–Trinajstić information content (AvgIpc) is 2.49. The Kier molecular flexibility index (Phi) is 4.57. The fourth-order valence-corrected chi connectivity index (χ4v) is 4.44. The Hall–Kier alpha value is -0.580. The summed E-state index contributed by atoms with van der Waals surface area (Å²) in [4.78, 5) is 3.26. The number of fused-ring (bicyclic) bond motifs is 1. The number of hydrogen-bond acceptors (Lipinski definition) is 3. The van der Waals surface area contributed by atoms with E-state index in [0.29, 0.717) is 11.5 Å². The minimum atomic E-state index is -0.0606. The number of nitrogens with one attached hydrogen (secondary N) is 1. The molecule has 1 aromatic rings. The molecule has 21 heavy (non-hydrogen) atoms. The second-order valence-corrected chi connectivity index (χ2v) is 7.95. The van der Waals surface area contributed by atoms with Crippen molar-refractivity contribution in [3.05, 3.63) is 29.6 Å². The second-order valence-electron chi connectivity index (χ2n) is 6.84. The van der Waals surface area contributed by atoms with Gasteiger partial charge in [0, 0.05) is 17.5 Å². The molecule has 1 atom stereocenters. The van der Waals surface area contributed by atoms with Gasteiger partial charge in [-0.1, -0.05) is 19.1 Å². The summed E-state index contributed by atoms with van der Waals surface area (Å²) in [7, 11) is 2.20. The fourth-order valence-electron chi connectivity index (χ4n) is 3.30. The van der Waals surface area contributed by atoms with E-state index in [0.717, 1.165) is 29.2 Å². The van der Waals surface area contributed by atoms with Crippen LogP contribution in [0.2, 0.25) is 0 Å². The smallest absolute Gasteiger partial charge is 0.137 e. The van der Waals surface area contributed by atoms with Crippen molar-refractivity contribution in [1.29, 1.82) is 0 Å². The van der Waals surface area contributed by atoms with E-state index in [-0.39, 0.29) is 5.82 Å². The third-order valence-corrected chi connectivity index (χ3v) is 6.15. The zero-order valence-electron chi connectivity index (χ0n) is 13.0. The molecule has 0 saturated carbocycles. The first-order valence-electron chi connectivity index (χ1n) is 7.91. The molecule has 1 aromatic carbocycles. The third kappa shape index (κ3) is 3.43. The van der Waals surface area contributed by atoms with E-state index in [4.69, 9.17) is 0 Å². The molecule has 0 bridgehead atoms. The van der Waals surface area contributed by atoms with Gasteiger partial charge in [0.1, 0.15) is 5.82 Å². The summed E-state index contributed by atoms with van der Waals surface area (Å²) in [5, 5.41) is 3.73. The third-order valence-electron chi connectivity index (χ3n) is 5.00. The van der Waals surface area contributed by atoms with Crippen LogP contribution in [0.5, 0.6) is 0 Å². The van der Waals surface area contributed by atoms with Gasteiger partial charge in [0.25, 0.3) is 0 Å². The summed E-state index contributed by atoms with van der Waals surface area (Å²) < 4.78 is 13.9. The molecule has 0 amide bonds. The van der Waals surface area contributed by atoms with Gasteiger partial charge in [-0.15, -0.1) is 11.8 Å². The van der Waals surface area contributed by atoms with Gasteiger partial charge in [-0.2, -0.15) is 0 Å². The SMILES string of the molecule is CN1CCC(C)(CNC2CCSc3c(F)cccc32)CC1. The molecule has 2 aliphatic heterocycles. The number of piperidine rings is 1. The molecular weight excluding hydrogens is 283 g/mol. The maximum absolute atomic E-state index is 13.9. The quantitative estimate of drug-likeness (QED) is 0.917. The number of halogens is 1. The molecule has 2 nitrogen and oxygen atoms in total. The molecule has 1 unspecified atom stereocenters. The largest absolute Gasteiger partial charge is 0.309 e. The first-order chi connectivity index (χ1) is 10.1. The summed E-state index contributed by atoms with van der Waals surface area (Å²) >= 11 is 1.66. The van der Waals surface area contributed by atoms with E-state index < -0.39 is 0 Å². The Balaban J connectivity index is 1.66. The lowest BCUT2D eigenvalue weighted by molar-refractivity contribution is 0.133. The maximum Gasteiger partial charge on any atom is 0.137 e. The molecule has 3 rings (SSSR count). The van der Waals surface area contributed by atoms with Crippen LogP contribution in [0.1, 0.15) is 37.8 Å². The van der Waals surface area contributed by atoms with Crippen LogP contribution in [0.4, 0.5) is 4.39 Å². The van der Waals surface area contributed by atoms with Gasteiger partial charge >= 0.3 is 0 Å². The monoisotopic (exact) mass is 308 g/mol. The lowest BCUT2D eigenvalue weighted by atomic mass is 9.80. The van der Waals surface area contributed by atoms with Gasteiger partial charge in [-0.05, 0) is 62.2 Å². The number of thioether (sulfide) groups is 1. The van der Waals surface area contributed by atoms with Gasteiger partial charge in [0.2, 0.25) is 0 Å². The topological polar surface area (TPSA) is 15.3 Å². The highest BCUT2D eigenvalue weighted by Crippen LogP contribution is 2.38. The molecule has 0 aromatic heterocycles.